The van der Waals surface area contributed by atoms with Crippen molar-refractivity contribution >= 4 is 0 Å². The predicted molar refractivity (Wildman–Crippen MR) is 36.1 cm³/mol. The Morgan fingerprint density at radius 2 is 1.89 bits per heavy atom. The maximum atomic E-state index is 9.80. The molecule has 1 N–H and O–H groups in total. The standard InChI is InChI=1S/C8H14O/c1-6-5-8(6,9)7(2)3-4-7/h6,9H,3-5H2,1-2H3. The minimum Gasteiger partial charge on any atom is -0.389 e. The second kappa shape index (κ2) is 1.20. The summed E-state index contributed by atoms with van der Waals surface area (Å²) in [7, 11) is 0. The topological polar surface area (TPSA) is 20.2 Å². The van der Waals surface area contributed by atoms with Crippen LogP contribution in [0.5, 0.6) is 0 Å². The molecule has 0 aromatic carbocycles. The Hall–Kier alpha value is -0.0400. The highest BCUT2D eigenvalue weighted by molar-refractivity contribution is 5.17. The second-order valence-electron chi connectivity index (χ2n) is 4.09. The fourth-order valence-electron chi connectivity index (χ4n) is 1.87. The largest absolute Gasteiger partial charge is 0.389 e. The van der Waals surface area contributed by atoms with Crippen LogP contribution in [0.25, 0.3) is 0 Å². The van der Waals surface area contributed by atoms with Gasteiger partial charge < -0.3 is 5.11 Å². The number of hydrogen-bond acceptors (Lipinski definition) is 1. The molecule has 52 valence electrons. The molecule has 0 aliphatic heterocycles. The van der Waals surface area contributed by atoms with Crippen molar-refractivity contribution in [3.63, 3.8) is 0 Å². The van der Waals surface area contributed by atoms with Gasteiger partial charge in [-0.2, -0.15) is 0 Å². The first-order valence-corrected chi connectivity index (χ1v) is 3.81. The highest BCUT2D eigenvalue weighted by Crippen LogP contribution is 2.66. The summed E-state index contributed by atoms with van der Waals surface area (Å²) in [5.41, 5.74) is 0.0828. The molecule has 1 heteroatoms. The van der Waals surface area contributed by atoms with Crippen molar-refractivity contribution in [1.82, 2.24) is 0 Å². The Bertz CT molecular complexity index is 149. The van der Waals surface area contributed by atoms with Crippen molar-refractivity contribution < 1.29 is 5.11 Å². The highest BCUT2D eigenvalue weighted by atomic mass is 16.3. The first-order valence-electron chi connectivity index (χ1n) is 3.81. The van der Waals surface area contributed by atoms with Crippen molar-refractivity contribution in [2.45, 2.75) is 38.7 Å². The van der Waals surface area contributed by atoms with Gasteiger partial charge >= 0.3 is 0 Å². The molecule has 2 aliphatic carbocycles. The molecular weight excluding hydrogens is 112 g/mol. The lowest BCUT2D eigenvalue weighted by Crippen LogP contribution is -2.22. The van der Waals surface area contributed by atoms with Gasteiger partial charge in [0.05, 0.1) is 5.60 Å². The molecule has 0 saturated heterocycles. The van der Waals surface area contributed by atoms with Crippen LogP contribution in [0.1, 0.15) is 33.1 Å². The summed E-state index contributed by atoms with van der Waals surface area (Å²) >= 11 is 0. The molecule has 2 fully saturated rings. The van der Waals surface area contributed by atoms with E-state index in [-0.39, 0.29) is 5.60 Å². The summed E-state index contributed by atoms with van der Waals surface area (Å²) in [6.45, 7) is 4.35. The Labute approximate surface area is 56.1 Å². The fraction of sp³-hybridized carbons (Fsp3) is 1.00. The van der Waals surface area contributed by atoms with Gasteiger partial charge in [-0.25, -0.2) is 0 Å². The molecule has 2 rings (SSSR count). The molecule has 0 aromatic rings. The quantitative estimate of drug-likeness (QED) is 0.565. The first kappa shape index (κ1) is 5.72. The van der Waals surface area contributed by atoms with Crippen LogP contribution in [-0.4, -0.2) is 10.7 Å². The maximum absolute atomic E-state index is 9.80. The van der Waals surface area contributed by atoms with Crippen molar-refractivity contribution in [2.24, 2.45) is 11.3 Å². The van der Waals surface area contributed by atoms with E-state index in [4.69, 9.17) is 0 Å². The van der Waals surface area contributed by atoms with E-state index in [0.717, 1.165) is 6.42 Å². The van der Waals surface area contributed by atoms with Crippen molar-refractivity contribution in [3.05, 3.63) is 0 Å². The van der Waals surface area contributed by atoms with Gasteiger partial charge in [-0.3, -0.25) is 0 Å². The van der Waals surface area contributed by atoms with E-state index in [1.54, 1.807) is 0 Å². The van der Waals surface area contributed by atoms with Crippen molar-refractivity contribution in [3.8, 4) is 0 Å². The second-order valence-corrected chi connectivity index (χ2v) is 4.09. The molecule has 2 atom stereocenters. The molecule has 0 bridgehead atoms. The van der Waals surface area contributed by atoms with E-state index in [9.17, 15) is 5.11 Å². The maximum Gasteiger partial charge on any atom is 0.0731 e. The average Bonchev–Trinajstić information content (AvgIpc) is 2.57. The predicted octanol–water partition coefficient (Wildman–Crippen LogP) is 1.56. The smallest absolute Gasteiger partial charge is 0.0731 e. The third kappa shape index (κ3) is 0.536. The third-order valence-corrected chi connectivity index (χ3v) is 3.32. The van der Waals surface area contributed by atoms with Crippen molar-refractivity contribution in [1.29, 1.82) is 0 Å². The van der Waals surface area contributed by atoms with Crippen LogP contribution in [0.3, 0.4) is 0 Å². The summed E-state index contributed by atoms with van der Waals surface area (Å²) in [5, 5.41) is 9.80. The van der Waals surface area contributed by atoms with Gasteiger partial charge in [-0.05, 0) is 30.6 Å². The molecule has 2 unspecified atom stereocenters. The zero-order valence-electron chi connectivity index (χ0n) is 6.15. The van der Waals surface area contributed by atoms with Crippen LogP contribution < -0.4 is 0 Å². The van der Waals surface area contributed by atoms with Gasteiger partial charge in [0.15, 0.2) is 0 Å². The molecule has 1 nitrogen and oxygen atoms in total. The lowest BCUT2D eigenvalue weighted by Gasteiger charge is -2.16. The average molecular weight is 126 g/mol. The first-order chi connectivity index (χ1) is 4.08. The van der Waals surface area contributed by atoms with Gasteiger partial charge in [0, 0.05) is 0 Å². The van der Waals surface area contributed by atoms with Gasteiger partial charge in [0.2, 0.25) is 0 Å². The van der Waals surface area contributed by atoms with E-state index in [1.165, 1.54) is 12.8 Å². The summed E-state index contributed by atoms with van der Waals surface area (Å²) in [6.07, 6.45) is 3.53. The van der Waals surface area contributed by atoms with E-state index >= 15 is 0 Å². The summed E-state index contributed by atoms with van der Waals surface area (Å²) < 4.78 is 0. The summed E-state index contributed by atoms with van der Waals surface area (Å²) in [6, 6.07) is 0. The molecule has 0 aromatic heterocycles. The van der Waals surface area contributed by atoms with Gasteiger partial charge in [0.1, 0.15) is 0 Å². The number of hydrogen-bond donors (Lipinski definition) is 1. The van der Waals surface area contributed by atoms with Crippen LogP contribution >= 0.6 is 0 Å². The molecule has 0 amide bonds. The van der Waals surface area contributed by atoms with Crippen LogP contribution in [0.4, 0.5) is 0 Å². The van der Waals surface area contributed by atoms with E-state index in [2.05, 4.69) is 13.8 Å². The number of aliphatic hydroxyl groups is 1. The third-order valence-electron chi connectivity index (χ3n) is 3.32. The van der Waals surface area contributed by atoms with Crippen LogP contribution in [0, 0.1) is 11.3 Å². The Morgan fingerprint density at radius 3 is 2.00 bits per heavy atom. The zero-order chi connectivity index (χ0) is 6.70. The van der Waals surface area contributed by atoms with E-state index < -0.39 is 0 Å². The normalized spacial score (nSPS) is 53.0. The summed E-state index contributed by atoms with van der Waals surface area (Å²) in [4.78, 5) is 0. The minimum absolute atomic E-state index is 0.243. The van der Waals surface area contributed by atoms with E-state index in [1.807, 2.05) is 0 Å². The Morgan fingerprint density at radius 1 is 1.44 bits per heavy atom. The Balaban J connectivity index is 2.14. The highest BCUT2D eigenvalue weighted by Gasteiger charge is 2.66. The molecule has 2 aliphatic rings. The molecule has 0 heterocycles. The van der Waals surface area contributed by atoms with Gasteiger partial charge in [0.25, 0.3) is 0 Å². The van der Waals surface area contributed by atoms with Gasteiger partial charge in [-0.1, -0.05) is 13.8 Å². The molecule has 2 saturated carbocycles. The molecular formula is C8H14O. The summed E-state index contributed by atoms with van der Waals surface area (Å²) in [5.74, 6) is 0.574. The molecule has 0 spiro atoms. The van der Waals surface area contributed by atoms with Crippen molar-refractivity contribution in [2.75, 3.05) is 0 Å². The van der Waals surface area contributed by atoms with Crippen LogP contribution in [0.2, 0.25) is 0 Å². The number of rotatable bonds is 1. The van der Waals surface area contributed by atoms with Gasteiger partial charge in [-0.15, -0.1) is 0 Å². The van der Waals surface area contributed by atoms with Crippen LogP contribution in [0.15, 0.2) is 0 Å². The minimum atomic E-state index is -0.243. The molecule has 0 radical (unpaired) electrons. The zero-order valence-corrected chi connectivity index (χ0v) is 6.15. The van der Waals surface area contributed by atoms with E-state index in [0.29, 0.717) is 11.3 Å². The SMILES string of the molecule is CC1CC1(O)C1(C)CC1. The van der Waals surface area contributed by atoms with Crippen LogP contribution in [-0.2, 0) is 0 Å². The monoisotopic (exact) mass is 126 g/mol. The molecule has 9 heavy (non-hydrogen) atoms. The Kier molecular flexibility index (Phi) is 0.760. The fourth-order valence-corrected chi connectivity index (χ4v) is 1.87. The lowest BCUT2D eigenvalue weighted by molar-refractivity contribution is 0.0622. The lowest BCUT2D eigenvalue weighted by atomic mass is 9.98.